The number of allylic oxidation sites excluding steroid dienone is 2. The predicted octanol–water partition coefficient (Wildman–Crippen LogP) is 2.74. The molecule has 2 amide bonds. The highest BCUT2D eigenvalue weighted by atomic mass is 16.5. The van der Waals surface area contributed by atoms with Crippen molar-refractivity contribution in [2.24, 2.45) is 23.7 Å². The molecule has 6 atom stereocenters. The second-order valence-corrected chi connectivity index (χ2v) is 8.11. The Morgan fingerprint density at radius 1 is 1.28 bits per heavy atom. The van der Waals surface area contributed by atoms with Crippen LogP contribution >= 0.6 is 0 Å². The summed E-state index contributed by atoms with van der Waals surface area (Å²) < 4.78 is 5.94. The number of nitrogens with zero attached hydrogens (tertiary/aromatic N) is 1. The molecule has 0 aromatic rings. The van der Waals surface area contributed by atoms with Crippen LogP contribution in [0.3, 0.4) is 0 Å². The van der Waals surface area contributed by atoms with Crippen molar-refractivity contribution in [3.05, 3.63) is 12.2 Å². The average Bonchev–Trinajstić information content (AvgIpc) is 3.24. The topological polar surface area (TPSA) is 63.7 Å². The van der Waals surface area contributed by atoms with E-state index < -0.39 is 11.7 Å². The summed E-state index contributed by atoms with van der Waals surface area (Å²) in [6, 6.07) is 0. The number of ether oxygens (including phenoxy) is 1. The fraction of sp³-hybridized carbons (Fsp3) is 0.750. The molecule has 0 aromatic carbocycles. The van der Waals surface area contributed by atoms with Gasteiger partial charge in [-0.2, -0.15) is 0 Å². The van der Waals surface area contributed by atoms with E-state index in [0.29, 0.717) is 13.0 Å². The lowest BCUT2D eigenvalue weighted by Crippen LogP contribution is -2.38. The van der Waals surface area contributed by atoms with E-state index in [1.807, 2.05) is 13.8 Å². The fourth-order valence-corrected chi connectivity index (χ4v) is 4.62. The van der Waals surface area contributed by atoms with Gasteiger partial charge in [0.1, 0.15) is 6.10 Å². The van der Waals surface area contributed by atoms with Crippen molar-refractivity contribution in [1.82, 2.24) is 4.90 Å². The molecule has 1 saturated heterocycles. The number of fused-ring (bicyclic) bond motifs is 5. The largest absolute Gasteiger partial charge is 0.365 e. The molecule has 5 heteroatoms. The van der Waals surface area contributed by atoms with Crippen LogP contribution in [0.2, 0.25) is 0 Å². The number of carbonyl (C=O) groups excluding carboxylic acids is 3. The zero-order chi connectivity index (χ0) is 18.4. The van der Waals surface area contributed by atoms with E-state index in [1.165, 1.54) is 11.8 Å². The van der Waals surface area contributed by atoms with Crippen molar-refractivity contribution in [2.75, 3.05) is 6.54 Å². The third-order valence-electron chi connectivity index (χ3n) is 6.43. The SMILES string of the molecule is CCC(C)(CCCN1C(=O)[C@@H]2C3C=CC(C3)[C@@H]2C1=O)OC(C)C(C)=O. The number of hydrogen-bond acceptors (Lipinski definition) is 4. The summed E-state index contributed by atoms with van der Waals surface area (Å²) >= 11 is 0. The molecule has 5 nitrogen and oxygen atoms in total. The van der Waals surface area contributed by atoms with Gasteiger partial charge in [-0.3, -0.25) is 19.3 Å². The van der Waals surface area contributed by atoms with Crippen LogP contribution in [-0.2, 0) is 19.1 Å². The second kappa shape index (κ2) is 6.67. The van der Waals surface area contributed by atoms with Gasteiger partial charge < -0.3 is 4.74 Å². The van der Waals surface area contributed by atoms with Crippen LogP contribution in [0.15, 0.2) is 12.2 Å². The fourth-order valence-electron chi connectivity index (χ4n) is 4.62. The standard InChI is InChI=1S/C20H29NO4/c1-5-20(4,25-13(3)12(2)22)9-6-10-21-18(23)16-14-7-8-15(11-14)17(16)19(21)24/h7-8,13-17H,5-6,9-11H2,1-4H3/t13?,14?,15?,16-,17+,20?. The first-order chi connectivity index (χ1) is 11.8. The van der Waals surface area contributed by atoms with Gasteiger partial charge in [0.15, 0.2) is 5.78 Å². The number of hydrogen-bond donors (Lipinski definition) is 0. The van der Waals surface area contributed by atoms with E-state index >= 15 is 0 Å². The molecule has 0 spiro atoms. The van der Waals surface area contributed by atoms with Gasteiger partial charge in [-0.15, -0.1) is 0 Å². The molecule has 4 unspecified atom stereocenters. The van der Waals surface area contributed by atoms with Crippen LogP contribution in [-0.4, -0.2) is 40.7 Å². The van der Waals surface area contributed by atoms with Crippen LogP contribution in [0, 0.1) is 23.7 Å². The Morgan fingerprint density at radius 3 is 2.32 bits per heavy atom. The smallest absolute Gasteiger partial charge is 0.233 e. The highest BCUT2D eigenvalue weighted by molar-refractivity contribution is 6.06. The lowest BCUT2D eigenvalue weighted by Gasteiger charge is -2.32. The Hall–Kier alpha value is -1.49. The summed E-state index contributed by atoms with van der Waals surface area (Å²) in [4.78, 5) is 38.3. The number of ketones is 1. The molecule has 2 fully saturated rings. The third-order valence-corrected chi connectivity index (χ3v) is 6.43. The van der Waals surface area contributed by atoms with Gasteiger partial charge in [0.05, 0.1) is 17.4 Å². The minimum absolute atomic E-state index is 0.0142. The lowest BCUT2D eigenvalue weighted by atomic mass is 9.85. The summed E-state index contributed by atoms with van der Waals surface area (Å²) in [5.74, 6) is 0.337. The van der Waals surface area contributed by atoms with Crippen LogP contribution in [0.5, 0.6) is 0 Å². The molecule has 0 aromatic heterocycles. The number of amides is 2. The number of likely N-dealkylation sites (tertiary alicyclic amines) is 1. The Kier molecular flexibility index (Phi) is 4.89. The zero-order valence-corrected chi connectivity index (χ0v) is 15.7. The molecule has 25 heavy (non-hydrogen) atoms. The van der Waals surface area contributed by atoms with Crippen molar-refractivity contribution >= 4 is 17.6 Å². The van der Waals surface area contributed by atoms with Crippen molar-refractivity contribution in [3.63, 3.8) is 0 Å². The maximum absolute atomic E-state index is 12.7. The molecule has 138 valence electrons. The highest BCUT2D eigenvalue weighted by Gasteiger charge is 2.58. The van der Waals surface area contributed by atoms with Crippen molar-refractivity contribution in [3.8, 4) is 0 Å². The third kappa shape index (κ3) is 3.19. The zero-order valence-electron chi connectivity index (χ0n) is 15.7. The molecule has 2 aliphatic carbocycles. The monoisotopic (exact) mass is 347 g/mol. The van der Waals surface area contributed by atoms with E-state index in [4.69, 9.17) is 4.74 Å². The van der Waals surface area contributed by atoms with Gasteiger partial charge in [-0.25, -0.2) is 0 Å². The maximum atomic E-state index is 12.7. The summed E-state index contributed by atoms with van der Waals surface area (Å²) in [5, 5.41) is 0. The Balaban J connectivity index is 1.56. The Labute approximate surface area is 149 Å². The molecule has 2 bridgehead atoms. The first kappa shape index (κ1) is 18.3. The van der Waals surface area contributed by atoms with E-state index in [1.54, 1.807) is 6.92 Å². The van der Waals surface area contributed by atoms with E-state index in [9.17, 15) is 14.4 Å². The normalized spacial score (nSPS) is 33.7. The second-order valence-electron chi connectivity index (χ2n) is 8.11. The van der Waals surface area contributed by atoms with Gasteiger partial charge in [-0.1, -0.05) is 19.1 Å². The number of Topliss-reactive ketones (excluding diaryl/α,β-unsaturated/α-hetero) is 1. The first-order valence-corrected chi connectivity index (χ1v) is 9.49. The molecule has 1 heterocycles. The van der Waals surface area contributed by atoms with Crippen LogP contribution in [0.25, 0.3) is 0 Å². The summed E-state index contributed by atoms with van der Waals surface area (Å²) in [6.07, 6.45) is 6.97. The molecule has 0 N–H and O–H groups in total. The van der Waals surface area contributed by atoms with Gasteiger partial charge >= 0.3 is 0 Å². The van der Waals surface area contributed by atoms with Crippen molar-refractivity contribution < 1.29 is 19.1 Å². The van der Waals surface area contributed by atoms with E-state index in [0.717, 1.165) is 19.3 Å². The molecule has 1 saturated carbocycles. The Morgan fingerprint density at radius 2 is 1.84 bits per heavy atom. The van der Waals surface area contributed by atoms with Gasteiger partial charge in [0, 0.05) is 6.54 Å². The number of rotatable bonds is 8. The molecular weight excluding hydrogens is 318 g/mol. The summed E-state index contributed by atoms with van der Waals surface area (Å²) in [6.45, 7) is 7.79. The van der Waals surface area contributed by atoms with Crippen molar-refractivity contribution in [1.29, 1.82) is 0 Å². The van der Waals surface area contributed by atoms with Crippen LogP contribution < -0.4 is 0 Å². The average molecular weight is 347 g/mol. The minimum Gasteiger partial charge on any atom is -0.365 e. The molecule has 0 radical (unpaired) electrons. The van der Waals surface area contributed by atoms with Crippen molar-refractivity contribution in [2.45, 2.75) is 65.1 Å². The maximum Gasteiger partial charge on any atom is 0.233 e. The summed E-state index contributed by atoms with van der Waals surface area (Å²) in [7, 11) is 0. The van der Waals surface area contributed by atoms with E-state index in [2.05, 4.69) is 12.2 Å². The van der Waals surface area contributed by atoms with Gasteiger partial charge in [0.2, 0.25) is 11.8 Å². The molecular formula is C20H29NO4. The lowest BCUT2D eigenvalue weighted by molar-refractivity contribution is -0.142. The Bertz CT molecular complexity index is 583. The first-order valence-electron chi connectivity index (χ1n) is 9.49. The van der Waals surface area contributed by atoms with Gasteiger partial charge in [-0.05, 0) is 58.3 Å². The highest BCUT2D eigenvalue weighted by Crippen LogP contribution is 2.52. The minimum atomic E-state index is -0.430. The van der Waals surface area contributed by atoms with Gasteiger partial charge in [0.25, 0.3) is 0 Å². The van der Waals surface area contributed by atoms with Crippen LogP contribution in [0.4, 0.5) is 0 Å². The molecule has 3 rings (SSSR count). The number of imide groups is 1. The molecule has 1 aliphatic heterocycles. The quantitative estimate of drug-likeness (QED) is 0.500. The number of carbonyl (C=O) groups is 3. The van der Waals surface area contributed by atoms with E-state index in [-0.39, 0.29) is 41.3 Å². The molecule has 3 aliphatic rings. The predicted molar refractivity (Wildman–Crippen MR) is 93.6 cm³/mol. The van der Waals surface area contributed by atoms with Crippen LogP contribution in [0.1, 0.15) is 53.4 Å². The summed E-state index contributed by atoms with van der Waals surface area (Å²) in [5.41, 5.74) is -0.409.